The van der Waals surface area contributed by atoms with Gasteiger partial charge in [0.25, 0.3) is 0 Å². The molecule has 0 aromatic carbocycles. The minimum absolute atomic E-state index is 0.201. The van der Waals surface area contributed by atoms with E-state index >= 15 is 0 Å². The van der Waals surface area contributed by atoms with Gasteiger partial charge in [-0.05, 0) is 52.1 Å². The molecule has 1 aromatic rings. The summed E-state index contributed by atoms with van der Waals surface area (Å²) < 4.78 is 4.88. The van der Waals surface area contributed by atoms with Crippen LogP contribution in [0.3, 0.4) is 0 Å². The Labute approximate surface area is 142 Å². The highest BCUT2D eigenvalue weighted by Gasteiger charge is 2.19. The predicted molar refractivity (Wildman–Crippen MR) is 90.6 cm³/mol. The molecular formula is C17H29N3O4. The van der Waals surface area contributed by atoms with Crippen molar-refractivity contribution in [3.05, 3.63) is 21.9 Å². The van der Waals surface area contributed by atoms with Crippen molar-refractivity contribution in [3.8, 4) is 0 Å². The summed E-state index contributed by atoms with van der Waals surface area (Å²) in [7, 11) is 0. The van der Waals surface area contributed by atoms with Crippen LogP contribution in [0, 0.1) is 0 Å². The summed E-state index contributed by atoms with van der Waals surface area (Å²) in [6.45, 7) is 4.90. The van der Waals surface area contributed by atoms with Gasteiger partial charge in [0.2, 0.25) is 0 Å². The summed E-state index contributed by atoms with van der Waals surface area (Å²) in [4.78, 5) is 30.8. The molecular weight excluding hydrogens is 310 g/mol. The highest BCUT2D eigenvalue weighted by molar-refractivity contribution is 5.69. The largest absolute Gasteiger partial charge is 0.466 e. The number of aliphatic hydroxyl groups excluding tert-OH is 1. The molecule has 0 amide bonds. The third kappa shape index (κ3) is 5.79. The molecule has 24 heavy (non-hydrogen) atoms. The van der Waals surface area contributed by atoms with Crippen LogP contribution in [0.4, 0.5) is 0 Å². The predicted octanol–water partition coefficient (Wildman–Crippen LogP) is 1.85. The average molecular weight is 339 g/mol. The second-order valence-electron chi connectivity index (χ2n) is 6.37. The van der Waals surface area contributed by atoms with Crippen molar-refractivity contribution < 1.29 is 14.6 Å². The molecule has 0 spiro atoms. The summed E-state index contributed by atoms with van der Waals surface area (Å²) in [5.74, 6) is -0.201. The van der Waals surface area contributed by atoms with Crippen LogP contribution >= 0.6 is 0 Å². The van der Waals surface area contributed by atoms with Crippen LogP contribution in [0.2, 0.25) is 0 Å². The van der Waals surface area contributed by atoms with E-state index in [0.29, 0.717) is 44.5 Å². The van der Waals surface area contributed by atoms with Crippen molar-refractivity contribution in [2.45, 2.75) is 64.5 Å². The molecule has 1 saturated heterocycles. The zero-order valence-corrected chi connectivity index (χ0v) is 14.5. The van der Waals surface area contributed by atoms with Crippen molar-refractivity contribution in [1.82, 2.24) is 14.9 Å². The SMILES string of the molecule is CCOC(=O)CCCCC(O)c1[nH]c(=O)[nH]c1CN1CCCCC1. The molecule has 136 valence electrons. The van der Waals surface area contributed by atoms with Crippen LogP contribution < -0.4 is 5.69 Å². The van der Waals surface area contributed by atoms with E-state index in [2.05, 4.69) is 14.9 Å². The number of nitrogens with one attached hydrogen (secondary N) is 2. The van der Waals surface area contributed by atoms with Crippen molar-refractivity contribution in [1.29, 1.82) is 0 Å². The topological polar surface area (TPSA) is 98.4 Å². The van der Waals surface area contributed by atoms with Gasteiger partial charge in [-0.15, -0.1) is 0 Å². The van der Waals surface area contributed by atoms with Crippen LogP contribution in [0.25, 0.3) is 0 Å². The lowest BCUT2D eigenvalue weighted by Crippen LogP contribution is -2.29. The normalized spacial score (nSPS) is 16.9. The maximum atomic E-state index is 11.6. The van der Waals surface area contributed by atoms with E-state index in [0.717, 1.165) is 18.8 Å². The molecule has 2 heterocycles. The number of ether oxygens (including phenoxy) is 1. The number of imidazole rings is 1. The first-order valence-corrected chi connectivity index (χ1v) is 8.97. The van der Waals surface area contributed by atoms with E-state index in [1.165, 1.54) is 19.3 Å². The highest BCUT2D eigenvalue weighted by atomic mass is 16.5. The molecule has 1 fully saturated rings. The Morgan fingerprint density at radius 2 is 2.00 bits per heavy atom. The van der Waals surface area contributed by atoms with Gasteiger partial charge in [-0.1, -0.05) is 6.42 Å². The van der Waals surface area contributed by atoms with E-state index in [1.807, 2.05) is 0 Å². The summed E-state index contributed by atoms with van der Waals surface area (Å²) in [6, 6.07) is 0. The third-order valence-corrected chi connectivity index (χ3v) is 4.42. The van der Waals surface area contributed by atoms with Gasteiger partial charge >= 0.3 is 11.7 Å². The molecule has 3 N–H and O–H groups in total. The van der Waals surface area contributed by atoms with E-state index < -0.39 is 6.10 Å². The number of esters is 1. The summed E-state index contributed by atoms with van der Waals surface area (Å²) in [5.41, 5.74) is 1.09. The smallest absolute Gasteiger partial charge is 0.323 e. The number of rotatable bonds is 9. The lowest BCUT2D eigenvalue weighted by atomic mass is 10.1. The maximum absolute atomic E-state index is 11.6. The first-order chi connectivity index (χ1) is 11.6. The van der Waals surface area contributed by atoms with Gasteiger partial charge in [0.1, 0.15) is 0 Å². The quantitative estimate of drug-likeness (QED) is 0.471. The van der Waals surface area contributed by atoms with Gasteiger partial charge in [0.15, 0.2) is 0 Å². The Kier molecular flexibility index (Phi) is 7.52. The zero-order chi connectivity index (χ0) is 17.4. The molecule has 0 saturated carbocycles. The molecule has 7 heteroatoms. The fraction of sp³-hybridized carbons (Fsp3) is 0.765. The molecule has 1 aliphatic rings. The van der Waals surface area contributed by atoms with Crippen LogP contribution in [-0.2, 0) is 16.1 Å². The number of H-pyrrole nitrogens is 2. The van der Waals surface area contributed by atoms with Gasteiger partial charge in [0, 0.05) is 13.0 Å². The summed E-state index contributed by atoms with van der Waals surface area (Å²) in [6.07, 6.45) is 5.16. The minimum Gasteiger partial charge on any atom is -0.466 e. The van der Waals surface area contributed by atoms with Gasteiger partial charge in [0.05, 0.1) is 24.1 Å². The second-order valence-corrected chi connectivity index (χ2v) is 6.37. The molecule has 2 rings (SSSR count). The van der Waals surface area contributed by atoms with Crippen molar-refractivity contribution in [3.63, 3.8) is 0 Å². The number of aromatic nitrogens is 2. The Hall–Kier alpha value is -1.60. The van der Waals surface area contributed by atoms with Crippen molar-refractivity contribution in [2.75, 3.05) is 19.7 Å². The molecule has 0 radical (unpaired) electrons. The lowest BCUT2D eigenvalue weighted by Gasteiger charge is -2.26. The number of likely N-dealkylation sites (tertiary alicyclic amines) is 1. The van der Waals surface area contributed by atoms with Gasteiger partial charge in [-0.25, -0.2) is 4.79 Å². The van der Waals surface area contributed by atoms with E-state index in [1.54, 1.807) is 6.92 Å². The van der Waals surface area contributed by atoms with Crippen LogP contribution in [0.1, 0.15) is 69.4 Å². The number of aromatic amines is 2. The number of aliphatic hydroxyl groups is 1. The molecule has 1 atom stereocenters. The van der Waals surface area contributed by atoms with Crippen molar-refractivity contribution in [2.24, 2.45) is 0 Å². The number of unbranched alkanes of at least 4 members (excludes halogenated alkanes) is 1. The standard InChI is InChI=1S/C17H29N3O4/c1-2-24-15(22)9-5-4-8-14(21)16-13(18-17(23)19-16)12-20-10-6-3-7-11-20/h14,21H,2-12H2,1H3,(H2,18,19,23). The zero-order valence-electron chi connectivity index (χ0n) is 14.5. The fourth-order valence-electron chi connectivity index (χ4n) is 3.17. The Balaban J connectivity index is 1.83. The number of hydrogen-bond acceptors (Lipinski definition) is 5. The molecule has 7 nitrogen and oxygen atoms in total. The van der Waals surface area contributed by atoms with Crippen LogP contribution in [-0.4, -0.2) is 45.6 Å². The Morgan fingerprint density at radius 3 is 2.71 bits per heavy atom. The highest BCUT2D eigenvalue weighted by Crippen LogP contribution is 2.21. The Morgan fingerprint density at radius 1 is 1.25 bits per heavy atom. The van der Waals surface area contributed by atoms with E-state index in [-0.39, 0.29) is 11.7 Å². The molecule has 0 bridgehead atoms. The lowest BCUT2D eigenvalue weighted by molar-refractivity contribution is -0.143. The molecule has 1 unspecified atom stereocenters. The number of carbonyl (C=O) groups excluding carboxylic acids is 1. The van der Waals surface area contributed by atoms with E-state index in [9.17, 15) is 14.7 Å². The number of nitrogens with zero attached hydrogens (tertiary/aromatic N) is 1. The molecule has 1 aliphatic heterocycles. The van der Waals surface area contributed by atoms with Gasteiger partial charge in [-0.2, -0.15) is 0 Å². The molecule has 1 aromatic heterocycles. The first-order valence-electron chi connectivity index (χ1n) is 8.97. The first kappa shape index (κ1) is 18.7. The number of carbonyl (C=O) groups is 1. The second kappa shape index (κ2) is 9.64. The maximum Gasteiger partial charge on any atom is 0.323 e. The number of hydrogen-bond donors (Lipinski definition) is 3. The minimum atomic E-state index is -0.717. The van der Waals surface area contributed by atoms with E-state index in [4.69, 9.17) is 4.74 Å². The summed E-state index contributed by atoms with van der Waals surface area (Å²) in [5, 5.41) is 10.4. The van der Waals surface area contributed by atoms with Crippen LogP contribution in [0.15, 0.2) is 4.79 Å². The van der Waals surface area contributed by atoms with Crippen molar-refractivity contribution >= 4 is 5.97 Å². The monoisotopic (exact) mass is 339 g/mol. The van der Waals surface area contributed by atoms with Crippen LogP contribution in [0.5, 0.6) is 0 Å². The summed E-state index contributed by atoms with van der Waals surface area (Å²) >= 11 is 0. The fourth-order valence-corrected chi connectivity index (χ4v) is 3.17. The average Bonchev–Trinajstić information content (AvgIpc) is 2.93. The Bertz CT molecular complexity index is 560. The van der Waals surface area contributed by atoms with Gasteiger partial charge < -0.3 is 19.8 Å². The number of piperidine rings is 1. The third-order valence-electron chi connectivity index (χ3n) is 4.42. The molecule has 0 aliphatic carbocycles. The van der Waals surface area contributed by atoms with Gasteiger partial charge in [-0.3, -0.25) is 9.69 Å².